The molecule has 0 saturated carbocycles. The van der Waals surface area contributed by atoms with Crippen molar-refractivity contribution in [1.82, 2.24) is 14.8 Å². The standard InChI is InChI=1S/C21H24N4O2S2/c1-21(2,3)19(27)23-16-8-6-15(7-9-16)18(26)13-29-20-24-22-14-25(20)11-10-17-5-4-12-28-17/h4-9,12,14H,10-11,13H2,1-3H3,(H,23,27). The van der Waals surface area contributed by atoms with Crippen LogP contribution < -0.4 is 5.32 Å². The number of benzene rings is 1. The molecule has 0 saturated heterocycles. The first-order chi connectivity index (χ1) is 13.8. The number of hydrogen-bond donors (Lipinski definition) is 1. The number of Topliss-reactive ketones (excluding diaryl/α,β-unsaturated/α-hetero) is 1. The number of rotatable bonds is 8. The molecular weight excluding hydrogens is 404 g/mol. The quantitative estimate of drug-likeness (QED) is 0.421. The second kappa shape index (κ2) is 9.37. The molecule has 29 heavy (non-hydrogen) atoms. The van der Waals surface area contributed by atoms with Gasteiger partial charge in [-0.3, -0.25) is 9.59 Å². The summed E-state index contributed by atoms with van der Waals surface area (Å²) in [5, 5.41) is 13.8. The van der Waals surface area contributed by atoms with Crippen molar-refractivity contribution in [3.63, 3.8) is 0 Å². The van der Waals surface area contributed by atoms with E-state index in [0.29, 0.717) is 11.3 Å². The lowest BCUT2D eigenvalue weighted by molar-refractivity contribution is -0.123. The first-order valence-electron chi connectivity index (χ1n) is 9.30. The number of carbonyl (C=O) groups excluding carboxylic acids is 2. The summed E-state index contributed by atoms with van der Waals surface area (Å²) < 4.78 is 1.97. The molecule has 3 aromatic rings. The lowest BCUT2D eigenvalue weighted by Crippen LogP contribution is -2.27. The number of amides is 1. The maximum absolute atomic E-state index is 12.5. The molecule has 8 heteroatoms. The molecule has 1 amide bonds. The zero-order chi connectivity index (χ0) is 20.9. The van der Waals surface area contributed by atoms with Crippen LogP contribution in [0.1, 0.15) is 36.0 Å². The van der Waals surface area contributed by atoms with Gasteiger partial charge in [0.1, 0.15) is 6.33 Å². The Bertz CT molecular complexity index is 957. The lowest BCUT2D eigenvalue weighted by Gasteiger charge is -2.17. The Morgan fingerprint density at radius 2 is 1.93 bits per heavy atom. The molecule has 1 N–H and O–H groups in total. The largest absolute Gasteiger partial charge is 0.326 e. The Morgan fingerprint density at radius 1 is 1.17 bits per heavy atom. The number of thiophene rings is 1. The summed E-state index contributed by atoms with van der Waals surface area (Å²) in [6, 6.07) is 11.1. The molecule has 6 nitrogen and oxygen atoms in total. The molecule has 0 aliphatic rings. The number of aryl methyl sites for hydroxylation is 2. The van der Waals surface area contributed by atoms with Crippen LogP contribution in [0.2, 0.25) is 0 Å². The van der Waals surface area contributed by atoms with Crippen LogP contribution >= 0.6 is 23.1 Å². The van der Waals surface area contributed by atoms with E-state index in [4.69, 9.17) is 0 Å². The molecule has 3 rings (SSSR count). The number of anilines is 1. The smallest absolute Gasteiger partial charge is 0.229 e. The summed E-state index contributed by atoms with van der Waals surface area (Å²) in [5.41, 5.74) is 0.822. The normalized spacial score (nSPS) is 11.4. The van der Waals surface area contributed by atoms with Crippen molar-refractivity contribution in [2.45, 2.75) is 38.9 Å². The van der Waals surface area contributed by atoms with Crippen LogP contribution in [-0.2, 0) is 17.8 Å². The highest BCUT2D eigenvalue weighted by molar-refractivity contribution is 7.99. The highest BCUT2D eigenvalue weighted by Gasteiger charge is 2.21. The minimum absolute atomic E-state index is 0.0107. The number of carbonyl (C=O) groups is 2. The molecule has 0 spiro atoms. The number of nitrogens with zero attached hydrogens (tertiary/aromatic N) is 3. The van der Waals surface area contributed by atoms with Crippen LogP contribution in [0.5, 0.6) is 0 Å². The van der Waals surface area contributed by atoms with Crippen molar-refractivity contribution in [3.05, 3.63) is 58.5 Å². The fourth-order valence-electron chi connectivity index (χ4n) is 2.47. The highest BCUT2D eigenvalue weighted by Crippen LogP contribution is 2.20. The molecule has 2 heterocycles. The average Bonchev–Trinajstić information content (AvgIpc) is 3.36. The summed E-state index contributed by atoms with van der Waals surface area (Å²) in [7, 11) is 0. The van der Waals surface area contributed by atoms with Crippen molar-refractivity contribution in [2.75, 3.05) is 11.1 Å². The molecule has 0 aliphatic heterocycles. The third-order valence-corrected chi connectivity index (χ3v) is 6.15. The minimum Gasteiger partial charge on any atom is -0.326 e. The van der Waals surface area contributed by atoms with Crippen LogP contribution in [0.15, 0.2) is 53.3 Å². The van der Waals surface area contributed by atoms with Crippen molar-refractivity contribution in [3.8, 4) is 0 Å². The number of hydrogen-bond acceptors (Lipinski definition) is 6. The van der Waals surface area contributed by atoms with E-state index < -0.39 is 5.41 Å². The Labute approximate surface area is 178 Å². The fraction of sp³-hybridized carbons (Fsp3) is 0.333. The summed E-state index contributed by atoms with van der Waals surface area (Å²) in [6.45, 7) is 6.36. The summed E-state index contributed by atoms with van der Waals surface area (Å²) in [4.78, 5) is 25.9. The zero-order valence-corrected chi connectivity index (χ0v) is 18.3. The highest BCUT2D eigenvalue weighted by atomic mass is 32.2. The van der Waals surface area contributed by atoms with Crippen molar-refractivity contribution >= 4 is 40.5 Å². The van der Waals surface area contributed by atoms with Crippen molar-refractivity contribution < 1.29 is 9.59 Å². The lowest BCUT2D eigenvalue weighted by atomic mass is 9.95. The Morgan fingerprint density at radius 3 is 2.59 bits per heavy atom. The minimum atomic E-state index is -0.468. The zero-order valence-electron chi connectivity index (χ0n) is 16.7. The Balaban J connectivity index is 1.53. The van der Waals surface area contributed by atoms with E-state index in [-0.39, 0.29) is 17.4 Å². The number of ketones is 1. The van der Waals surface area contributed by atoms with Gasteiger partial charge in [-0.1, -0.05) is 38.6 Å². The third kappa shape index (κ3) is 6.01. The molecular formula is C21H24N4O2S2. The average molecular weight is 429 g/mol. The second-order valence-electron chi connectivity index (χ2n) is 7.63. The molecule has 0 atom stereocenters. The van der Waals surface area contributed by atoms with Crippen LogP contribution in [0.25, 0.3) is 0 Å². The van der Waals surface area contributed by atoms with Gasteiger partial charge in [0.25, 0.3) is 0 Å². The van der Waals surface area contributed by atoms with E-state index in [1.54, 1.807) is 41.9 Å². The maximum Gasteiger partial charge on any atom is 0.229 e. The number of thioether (sulfide) groups is 1. The number of nitrogens with one attached hydrogen (secondary N) is 1. The molecule has 0 aliphatic carbocycles. The molecule has 0 bridgehead atoms. The monoisotopic (exact) mass is 428 g/mol. The van der Waals surface area contributed by atoms with Gasteiger partial charge in [0.05, 0.1) is 5.75 Å². The Kier molecular flexibility index (Phi) is 6.87. The predicted octanol–water partition coefficient (Wildman–Crippen LogP) is 4.54. The molecule has 0 fully saturated rings. The van der Waals surface area contributed by atoms with Gasteiger partial charge < -0.3 is 9.88 Å². The van der Waals surface area contributed by atoms with Gasteiger partial charge in [-0.2, -0.15) is 0 Å². The van der Waals surface area contributed by atoms with Gasteiger partial charge in [-0.05, 0) is 42.1 Å². The van der Waals surface area contributed by atoms with Crippen LogP contribution in [0, 0.1) is 5.41 Å². The molecule has 1 aromatic carbocycles. The van der Waals surface area contributed by atoms with E-state index in [9.17, 15) is 9.59 Å². The van der Waals surface area contributed by atoms with E-state index in [2.05, 4.69) is 27.0 Å². The first kappa shape index (κ1) is 21.3. The molecule has 152 valence electrons. The van der Waals surface area contributed by atoms with Crippen LogP contribution in [0.4, 0.5) is 5.69 Å². The van der Waals surface area contributed by atoms with E-state index in [1.807, 2.05) is 31.4 Å². The summed E-state index contributed by atoms with van der Waals surface area (Å²) >= 11 is 3.12. The van der Waals surface area contributed by atoms with Crippen molar-refractivity contribution in [1.29, 1.82) is 0 Å². The van der Waals surface area contributed by atoms with Crippen LogP contribution in [-0.4, -0.2) is 32.2 Å². The topological polar surface area (TPSA) is 76.9 Å². The summed E-state index contributed by atoms with van der Waals surface area (Å²) in [5.74, 6) is 0.233. The fourth-order valence-corrected chi connectivity index (χ4v) is 4.00. The first-order valence-corrected chi connectivity index (χ1v) is 11.2. The van der Waals surface area contributed by atoms with Gasteiger partial charge in [0, 0.05) is 28.1 Å². The van der Waals surface area contributed by atoms with Gasteiger partial charge in [0.2, 0.25) is 5.91 Å². The predicted molar refractivity (Wildman–Crippen MR) is 118 cm³/mol. The second-order valence-corrected chi connectivity index (χ2v) is 9.60. The SMILES string of the molecule is CC(C)(C)C(=O)Nc1ccc(C(=O)CSc2nncn2CCc2cccs2)cc1. The molecule has 2 aromatic heterocycles. The van der Waals surface area contributed by atoms with Crippen LogP contribution in [0.3, 0.4) is 0 Å². The van der Waals surface area contributed by atoms with Gasteiger partial charge >= 0.3 is 0 Å². The molecule has 0 unspecified atom stereocenters. The Hall–Kier alpha value is -2.45. The molecule has 0 radical (unpaired) electrons. The van der Waals surface area contributed by atoms with Gasteiger partial charge in [0.15, 0.2) is 10.9 Å². The third-order valence-electron chi connectivity index (χ3n) is 4.24. The van der Waals surface area contributed by atoms with E-state index in [1.165, 1.54) is 16.6 Å². The summed E-state index contributed by atoms with van der Waals surface area (Å²) in [6.07, 6.45) is 2.62. The van der Waals surface area contributed by atoms with E-state index >= 15 is 0 Å². The van der Waals surface area contributed by atoms with Crippen molar-refractivity contribution in [2.24, 2.45) is 5.41 Å². The van der Waals surface area contributed by atoms with Gasteiger partial charge in [-0.15, -0.1) is 21.5 Å². The van der Waals surface area contributed by atoms with Gasteiger partial charge in [-0.25, -0.2) is 0 Å². The van der Waals surface area contributed by atoms with E-state index in [0.717, 1.165) is 18.1 Å². The number of aromatic nitrogens is 3. The maximum atomic E-state index is 12.5.